The third kappa shape index (κ3) is 9.33. The minimum atomic E-state index is -3.55. The van der Waals surface area contributed by atoms with Gasteiger partial charge in [0.25, 0.3) is 0 Å². The zero-order chi connectivity index (χ0) is 26.6. The van der Waals surface area contributed by atoms with Crippen molar-refractivity contribution >= 4 is 21.8 Å². The molecule has 0 heterocycles. The number of benzene rings is 2. The van der Waals surface area contributed by atoms with E-state index in [2.05, 4.69) is 10.0 Å². The van der Waals surface area contributed by atoms with Gasteiger partial charge in [0.05, 0.1) is 4.90 Å². The molecule has 0 saturated heterocycles. The van der Waals surface area contributed by atoms with Gasteiger partial charge in [-0.05, 0) is 62.1 Å². The molecule has 0 fully saturated rings. The third-order valence-corrected chi connectivity index (χ3v) is 7.16. The largest absolute Gasteiger partial charge is 0.382 e. The van der Waals surface area contributed by atoms with Crippen molar-refractivity contribution in [3.8, 4) is 0 Å². The lowest BCUT2D eigenvalue weighted by Crippen LogP contribution is -2.48. The molecule has 10 heteroatoms. The first-order valence-corrected chi connectivity index (χ1v) is 13.6. The summed E-state index contributed by atoms with van der Waals surface area (Å²) >= 11 is 0. The lowest BCUT2D eigenvalue weighted by Gasteiger charge is -2.29. The van der Waals surface area contributed by atoms with Gasteiger partial charge >= 0.3 is 0 Å². The normalized spacial score (nSPS) is 12.2. The van der Waals surface area contributed by atoms with Gasteiger partial charge in [0, 0.05) is 39.3 Å². The summed E-state index contributed by atoms with van der Waals surface area (Å²) in [6.45, 7) is 7.31. The molecule has 0 aliphatic heterocycles. The topological polar surface area (TPSA) is 105 Å². The molecular weight excluding hydrogens is 485 g/mol. The van der Waals surface area contributed by atoms with Crippen molar-refractivity contribution in [2.24, 2.45) is 0 Å². The number of nitrogens with zero attached hydrogens (tertiary/aromatic N) is 1. The highest BCUT2D eigenvalue weighted by Gasteiger charge is 2.26. The van der Waals surface area contributed by atoms with E-state index in [1.165, 1.54) is 29.2 Å². The average molecular weight is 522 g/mol. The SMILES string of the molecule is CCNS(=O)(=O)c1ccc(CCC(=O)N(Cc2ccc(F)cc2)C(C)C(=O)NCCCOCC)cc1. The average Bonchev–Trinajstić information content (AvgIpc) is 2.86. The van der Waals surface area contributed by atoms with Crippen LogP contribution in [0.15, 0.2) is 53.4 Å². The molecule has 36 heavy (non-hydrogen) atoms. The maximum Gasteiger partial charge on any atom is 0.242 e. The molecule has 0 aromatic heterocycles. The number of amides is 2. The number of sulfonamides is 1. The van der Waals surface area contributed by atoms with Crippen LogP contribution < -0.4 is 10.0 Å². The van der Waals surface area contributed by atoms with E-state index in [0.717, 1.165) is 5.56 Å². The van der Waals surface area contributed by atoms with Gasteiger partial charge in [-0.25, -0.2) is 17.5 Å². The zero-order valence-corrected chi connectivity index (χ0v) is 21.9. The van der Waals surface area contributed by atoms with Crippen LogP contribution in [0.5, 0.6) is 0 Å². The highest BCUT2D eigenvalue weighted by molar-refractivity contribution is 7.89. The van der Waals surface area contributed by atoms with E-state index in [4.69, 9.17) is 4.74 Å². The minimum Gasteiger partial charge on any atom is -0.382 e. The number of carbonyl (C=O) groups excluding carboxylic acids is 2. The Balaban J connectivity index is 2.07. The summed E-state index contributed by atoms with van der Waals surface area (Å²) in [6.07, 6.45) is 1.17. The number of halogens is 1. The number of carbonyl (C=O) groups is 2. The lowest BCUT2D eigenvalue weighted by atomic mass is 10.1. The van der Waals surface area contributed by atoms with Crippen LogP contribution in [0.2, 0.25) is 0 Å². The molecule has 1 unspecified atom stereocenters. The smallest absolute Gasteiger partial charge is 0.242 e. The second-order valence-corrected chi connectivity index (χ2v) is 10.1. The molecule has 2 aromatic carbocycles. The summed E-state index contributed by atoms with van der Waals surface area (Å²) in [6, 6.07) is 11.4. The van der Waals surface area contributed by atoms with Gasteiger partial charge in [0.2, 0.25) is 21.8 Å². The van der Waals surface area contributed by atoms with Gasteiger partial charge in [0.15, 0.2) is 0 Å². The predicted octanol–water partition coefficient (Wildman–Crippen LogP) is 3.02. The standard InChI is InChI=1S/C26H36FN3O5S/c1-4-29-36(33,34)24-14-9-21(10-15-24)11-16-25(31)30(19-22-7-12-23(27)13-8-22)20(3)26(32)28-17-6-18-35-5-2/h7-10,12-15,20,29H,4-6,11,16-19H2,1-3H3,(H,28,32). The maximum atomic E-state index is 13.4. The fourth-order valence-electron chi connectivity index (χ4n) is 3.55. The van der Waals surface area contributed by atoms with Crippen molar-refractivity contribution in [3.63, 3.8) is 0 Å². The van der Waals surface area contributed by atoms with Crippen LogP contribution in [0.25, 0.3) is 0 Å². The van der Waals surface area contributed by atoms with Crippen molar-refractivity contribution in [2.75, 3.05) is 26.3 Å². The van der Waals surface area contributed by atoms with Gasteiger partial charge in [-0.3, -0.25) is 9.59 Å². The molecular formula is C26H36FN3O5S. The van der Waals surface area contributed by atoms with Gasteiger partial charge in [0.1, 0.15) is 11.9 Å². The molecule has 0 aliphatic rings. The molecule has 0 spiro atoms. The lowest BCUT2D eigenvalue weighted by molar-refractivity contribution is -0.140. The van der Waals surface area contributed by atoms with Crippen LogP contribution in [-0.2, 0) is 37.3 Å². The Labute approximate surface area is 213 Å². The van der Waals surface area contributed by atoms with E-state index < -0.39 is 16.1 Å². The van der Waals surface area contributed by atoms with Crippen molar-refractivity contribution < 1.29 is 27.1 Å². The molecule has 2 aromatic rings. The molecule has 2 amide bonds. The predicted molar refractivity (Wildman–Crippen MR) is 136 cm³/mol. The second kappa shape index (κ2) is 14.7. The van der Waals surface area contributed by atoms with Crippen LogP contribution in [0, 0.1) is 5.82 Å². The zero-order valence-electron chi connectivity index (χ0n) is 21.1. The number of rotatable bonds is 15. The van der Waals surface area contributed by atoms with Crippen LogP contribution in [-0.4, -0.2) is 57.5 Å². The van der Waals surface area contributed by atoms with Crippen molar-refractivity contribution in [2.45, 2.75) is 57.5 Å². The summed E-state index contributed by atoms with van der Waals surface area (Å²) in [7, 11) is -3.55. The summed E-state index contributed by atoms with van der Waals surface area (Å²) in [5, 5.41) is 2.84. The Bertz CT molecular complexity index is 1080. The molecule has 1 atom stereocenters. The maximum absolute atomic E-state index is 13.4. The van der Waals surface area contributed by atoms with Crippen molar-refractivity contribution in [1.29, 1.82) is 0 Å². The summed E-state index contributed by atoms with van der Waals surface area (Å²) in [5.74, 6) is -0.892. The van der Waals surface area contributed by atoms with Crippen molar-refractivity contribution in [1.82, 2.24) is 14.9 Å². The van der Waals surface area contributed by atoms with E-state index >= 15 is 0 Å². The number of hydrogen-bond donors (Lipinski definition) is 2. The second-order valence-electron chi connectivity index (χ2n) is 8.31. The molecule has 0 bridgehead atoms. The Morgan fingerprint density at radius 2 is 1.67 bits per heavy atom. The van der Waals surface area contributed by atoms with E-state index in [1.807, 2.05) is 6.92 Å². The summed E-state index contributed by atoms with van der Waals surface area (Å²) in [5.41, 5.74) is 1.51. The first-order valence-electron chi connectivity index (χ1n) is 12.2. The Hall–Kier alpha value is -2.82. The number of hydrogen-bond acceptors (Lipinski definition) is 5. The fourth-order valence-corrected chi connectivity index (χ4v) is 4.59. The van der Waals surface area contributed by atoms with Gasteiger partial charge in [-0.1, -0.05) is 31.2 Å². The molecule has 0 saturated carbocycles. The Morgan fingerprint density at radius 1 is 1.03 bits per heavy atom. The fraction of sp³-hybridized carbons (Fsp3) is 0.462. The van der Waals surface area contributed by atoms with E-state index in [-0.39, 0.29) is 35.5 Å². The van der Waals surface area contributed by atoms with Crippen LogP contribution in [0.3, 0.4) is 0 Å². The van der Waals surface area contributed by atoms with Gasteiger partial charge < -0.3 is 15.0 Å². The highest BCUT2D eigenvalue weighted by Crippen LogP contribution is 2.15. The third-order valence-electron chi connectivity index (χ3n) is 5.60. The highest BCUT2D eigenvalue weighted by atomic mass is 32.2. The Morgan fingerprint density at radius 3 is 2.28 bits per heavy atom. The summed E-state index contributed by atoms with van der Waals surface area (Å²) in [4.78, 5) is 27.6. The van der Waals surface area contributed by atoms with Crippen LogP contribution in [0.1, 0.15) is 44.7 Å². The van der Waals surface area contributed by atoms with Gasteiger partial charge in [-0.2, -0.15) is 0 Å². The van der Waals surface area contributed by atoms with E-state index in [1.54, 1.807) is 38.1 Å². The van der Waals surface area contributed by atoms with Crippen LogP contribution in [0.4, 0.5) is 4.39 Å². The molecule has 0 radical (unpaired) electrons. The Kier molecular flexibility index (Phi) is 12.0. The van der Waals surface area contributed by atoms with Crippen LogP contribution >= 0.6 is 0 Å². The van der Waals surface area contributed by atoms with E-state index in [0.29, 0.717) is 44.7 Å². The number of aryl methyl sites for hydroxylation is 1. The molecule has 2 rings (SSSR count). The van der Waals surface area contributed by atoms with E-state index in [9.17, 15) is 22.4 Å². The molecule has 2 N–H and O–H groups in total. The molecule has 0 aliphatic carbocycles. The first kappa shape index (κ1) is 29.4. The molecule has 198 valence electrons. The monoisotopic (exact) mass is 521 g/mol. The quantitative estimate of drug-likeness (QED) is 0.351. The van der Waals surface area contributed by atoms with Crippen molar-refractivity contribution in [3.05, 3.63) is 65.5 Å². The minimum absolute atomic E-state index is 0.127. The summed E-state index contributed by atoms with van der Waals surface area (Å²) < 4.78 is 45.3. The molecule has 8 nitrogen and oxygen atoms in total. The number of ether oxygens (including phenoxy) is 1. The first-order chi connectivity index (χ1) is 17.2. The number of nitrogens with one attached hydrogen (secondary N) is 2. The van der Waals surface area contributed by atoms with Gasteiger partial charge in [-0.15, -0.1) is 0 Å².